The van der Waals surface area contributed by atoms with Gasteiger partial charge in [-0.05, 0) is 31.0 Å². The highest BCUT2D eigenvalue weighted by atomic mass is 35.5. The first kappa shape index (κ1) is 19.9. The number of nitrogens with zero attached hydrogens (tertiary/aromatic N) is 2. The van der Waals surface area contributed by atoms with Crippen LogP contribution in [0.4, 0.5) is 11.4 Å². The number of nitro groups is 1. The molecule has 0 atom stereocenters. The van der Waals surface area contributed by atoms with Crippen LogP contribution in [0.1, 0.15) is 23.2 Å². The summed E-state index contributed by atoms with van der Waals surface area (Å²) in [5, 5.41) is 11.4. The number of benzene rings is 1. The summed E-state index contributed by atoms with van der Waals surface area (Å²) in [5.41, 5.74) is 0.00815. The largest absolute Gasteiger partial charge is 0.366 e. The van der Waals surface area contributed by atoms with Crippen LogP contribution >= 0.6 is 34.5 Å². The minimum atomic E-state index is -4.26. The first-order valence-electron chi connectivity index (χ1n) is 7.74. The van der Waals surface area contributed by atoms with Crippen molar-refractivity contribution in [3.05, 3.63) is 48.6 Å². The van der Waals surface area contributed by atoms with Crippen LogP contribution in [0.15, 0.2) is 29.2 Å². The summed E-state index contributed by atoms with van der Waals surface area (Å²) in [4.78, 5) is 24.7. The van der Waals surface area contributed by atoms with E-state index in [0.717, 1.165) is 36.3 Å². The van der Waals surface area contributed by atoms with E-state index in [1.54, 1.807) is 0 Å². The second-order valence-corrected chi connectivity index (χ2v) is 9.71. The molecule has 1 aromatic carbocycles. The van der Waals surface area contributed by atoms with E-state index >= 15 is 0 Å². The van der Waals surface area contributed by atoms with Crippen LogP contribution in [0, 0.1) is 10.1 Å². The Kier molecular flexibility index (Phi) is 5.61. The van der Waals surface area contributed by atoms with Gasteiger partial charge in [-0.3, -0.25) is 14.9 Å². The minimum Gasteiger partial charge on any atom is -0.366 e. The standard InChI is InChI=1S/C15H13Cl2N3O5S2/c16-13-8-12(14(17)26-13)27(24,25)18-15(21)9-3-4-10(11(7-9)20(22)23)19-5-1-2-6-19/h3-4,7-8H,1-2,5-6H2,(H,18,21). The third-order valence-corrected chi connectivity index (χ3v) is 7.11. The number of hydrogen-bond acceptors (Lipinski definition) is 7. The van der Waals surface area contributed by atoms with Gasteiger partial charge < -0.3 is 4.90 Å². The number of anilines is 1. The predicted octanol–water partition coefficient (Wildman–Crippen LogP) is 3.68. The van der Waals surface area contributed by atoms with Gasteiger partial charge in [-0.25, -0.2) is 13.1 Å². The highest BCUT2D eigenvalue weighted by molar-refractivity contribution is 7.90. The SMILES string of the molecule is O=C(NS(=O)(=O)c1cc(Cl)sc1Cl)c1ccc(N2CCCC2)c([N+](=O)[O-])c1. The molecule has 1 N–H and O–H groups in total. The van der Waals surface area contributed by atoms with Crippen molar-refractivity contribution in [1.29, 1.82) is 0 Å². The van der Waals surface area contributed by atoms with E-state index in [4.69, 9.17) is 23.2 Å². The zero-order valence-corrected chi connectivity index (χ0v) is 16.8. The zero-order valence-electron chi connectivity index (χ0n) is 13.6. The van der Waals surface area contributed by atoms with Crippen LogP contribution in [-0.2, 0) is 10.0 Å². The summed E-state index contributed by atoms with van der Waals surface area (Å²) >= 11 is 12.4. The zero-order chi connectivity index (χ0) is 19.8. The lowest BCUT2D eigenvalue weighted by molar-refractivity contribution is -0.384. The van der Waals surface area contributed by atoms with Gasteiger partial charge >= 0.3 is 0 Å². The van der Waals surface area contributed by atoms with Crippen molar-refractivity contribution in [2.75, 3.05) is 18.0 Å². The minimum absolute atomic E-state index is 0.0874. The highest BCUT2D eigenvalue weighted by Crippen LogP contribution is 2.35. The van der Waals surface area contributed by atoms with E-state index < -0.39 is 20.9 Å². The molecule has 2 heterocycles. The Morgan fingerprint density at radius 3 is 2.44 bits per heavy atom. The molecule has 3 rings (SSSR count). The molecule has 1 aromatic heterocycles. The first-order chi connectivity index (χ1) is 12.7. The number of thiophene rings is 1. The van der Waals surface area contributed by atoms with E-state index in [9.17, 15) is 23.3 Å². The van der Waals surface area contributed by atoms with E-state index in [1.165, 1.54) is 12.1 Å². The summed E-state index contributed by atoms with van der Waals surface area (Å²) < 4.78 is 26.6. The summed E-state index contributed by atoms with van der Waals surface area (Å²) in [7, 11) is -4.26. The van der Waals surface area contributed by atoms with E-state index in [0.29, 0.717) is 18.8 Å². The average molecular weight is 450 g/mol. The quantitative estimate of drug-likeness (QED) is 0.550. The summed E-state index contributed by atoms with van der Waals surface area (Å²) in [5.74, 6) is -0.996. The number of nitro benzene ring substituents is 1. The van der Waals surface area contributed by atoms with Crippen molar-refractivity contribution in [2.45, 2.75) is 17.7 Å². The van der Waals surface area contributed by atoms with E-state index in [1.807, 2.05) is 9.62 Å². The van der Waals surface area contributed by atoms with Crippen molar-refractivity contribution < 1.29 is 18.1 Å². The molecule has 1 aliphatic heterocycles. The normalized spacial score (nSPS) is 14.4. The number of hydrogen-bond donors (Lipinski definition) is 1. The molecule has 0 unspecified atom stereocenters. The molecule has 0 radical (unpaired) electrons. The van der Waals surface area contributed by atoms with Gasteiger partial charge in [-0.2, -0.15) is 0 Å². The van der Waals surface area contributed by atoms with Crippen LogP contribution in [-0.4, -0.2) is 32.3 Å². The topological polar surface area (TPSA) is 110 Å². The van der Waals surface area contributed by atoms with Gasteiger partial charge in [0.1, 0.15) is 14.9 Å². The number of carbonyl (C=O) groups excluding carboxylic acids is 1. The molecule has 0 spiro atoms. The molecule has 144 valence electrons. The fraction of sp³-hybridized carbons (Fsp3) is 0.267. The van der Waals surface area contributed by atoms with Gasteiger partial charge in [0.15, 0.2) is 0 Å². The number of nitrogens with one attached hydrogen (secondary N) is 1. The van der Waals surface area contributed by atoms with Gasteiger partial charge in [0.05, 0.1) is 9.26 Å². The molecule has 1 amide bonds. The number of sulfonamides is 1. The van der Waals surface area contributed by atoms with Gasteiger partial charge in [0.2, 0.25) is 0 Å². The number of amides is 1. The van der Waals surface area contributed by atoms with Crippen LogP contribution in [0.2, 0.25) is 8.67 Å². The highest BCUT2D eigenvalue weighted by Gasteiger charge is 2.27. The molecule has 12 heteroatoms. The second-order valence-electron chi connectivity index (χ2n) is 5.78. The fourth-order valence-corrected chi connectivity index (χ4v) is 5.91. The van der Waals surface area contributed by atoms with Crippen molar-refractivity contribution in [3.63, 3.8) is 0 Å². The molecular formula is C15H13Cl2N3O5S2. The summed E-state index contributed by atoms with van der Waals surface area (Å²) in [6.07, 6.45) is 1.86. The second kappa shape index (κ2) is 7.63. The molecule has 1 aliphatic rings. The molecule has 0 bridgehead atoms. The molecule has 8 nitrogen and oxygen atoms in total. The molecule has 0 aliphatic carbocycles. The number of halogens is 2. The Morgan fingerprint density at radius 1 is 1.22 bits per heavy atom. The third kappa shape index (κ3) is 4.18. The lowest BCUT2D eigenvalue weighted by atomic mass is 10.1. The maximum atomic E-state index is 12.4. The molecular weight excluding hydrogens is 437 g/mol. The monoisotopic (exact) mass is 449 g/mol. The Hall–Kier alpha value is -1.88. The average Bonchev–Trinajstić information content (AvgIpc) is 3.23. The maximum Gasteiger partial charge on any atom is 0.293 e. The number of rotatable bonds is 5. The van der Waals surface area contributed by atoms with Crippen LogP contribution in [0.5, 0.6) is 0 Å². The summed E-state index contributed by atoms with van der Waals surface area (Å²) in [6, 6.07) is 5.01. The maximum absolute atomic E-state index is 12.4. The van der Waals surface area contributed by atoms with Crippen molar-refractivity contribution in [1.82, 2.24) is 4.72 Å². The molecule has 27 heavy (non-hydrogen) atoms. The third-order valence-electron chi connectivity index (χ3n) is 4.02. The molecule has 0 saturated carbocycles. The van der Waals surface area contributed by atoms with E-state index in [-0.39, 0.29) is 24.8 Å². The molecule has 2 aromatic rings. The van der Waals surface area contributed by atoms with Gasteiger partial charge in [-0.15, -0.1) is 11.3 Å². The Bertz CT molecular complexity index is 1020. The van der Waals surface area contributed by atoms with Crippen LogP contribution in [0.25, 0.3) is 0 Å². The first-order valence-corrected chi connectivity index (χ1v) is 10.8. The van der Waals surface area contributed by atoms with Crippen molar-refractivity contribution in [3.8, 4) is 0 Å². The molecule has 1 fully saturated rings. The van der Waals surface area contributed by atoms with Gasteiger partial charge in [0, 0.05) is 24.7 Å². The van der Waals surface area contributed by atoms with Gasteiger partial charge in [0.25, 0.3) is 21.6 Å². The lowest BCUT2D eigenvalue weighted by Crippen LogP contribution is -2.30. The van der Waals surface area contributed by atoms with E-state index in [2.05, 4.69) is 0 Å². The smallest absolute Gasteiger partial charge is 0.293 e. The molecule has 1 saturated heterocycles. The Balaban J connectivity index is 1.89. The van der Waals surface area contributed by atoms with Crippen LogP contribution < -0.4 is 9.62 Å². The predicted molar refractivity (Wildman–Crippen MR) is 104 cm³/mol. The van der Waals surface area contributed by atoms with Crippen molar-refractivity contribution >= 4 is 61.8 Å². The summed E-state index contributed by atoms with van der Waals surface area (Å²) in [6.45, 7) is 1.39. The Labute approximate surface area is 168 Å². The lowest BCUT2D eigenvalue weighted by Gasteiger charge is -2.17. The Morgan fingerprint density at radius 2 is 1.89 bits per heavy atom. The van der Waals surface area contributed by atoms with Gasteiger partial charge in [-0.1, -0.05) is 23.2 Å². The fourth-order valence-electron chi connectivity index (χ4n) is 2.78. The van der Waals surface area contributed by atoms with Crippen LogP contribution in [0.3, 0.4) is 0 Å². The number of carbonyl (C=O) groups is 1. The van der Waals surface area contributed by atoms with Crippen molar-refractivity contribution in [2.24, 2.45) is 0 Å².